The van der Waals surface area contributed by atoms with Gasteiger partial charge in [-0.05, 0) is 38.4 Å². The third-order valence-corrected chi connectivity index (χ3v) is 4.98. The lowest BCUT2D eigenvalue weighted by molar-refractivity contribution is -0.149. The Labute approximate surface area is 106 Å². The molecule has 0 radical (unpaired) electrons. The number of thioether (sulfide) groups is 1. The highest BCUT2D eigenvalue weighted by Crippen LogP contribution is 2.46. The van der Waals surface area contributed by atoms with Gasteiger partial charge < -0.3 is 10.4 Å². The maximum Gasteiger partial charge on any atom is 0.319 e. The molecule has 0 aliphatic heterocycles. The van der Waals surface area contributed by atoms with Gasteiger partial charge in [-0.15, -0.1) is 0 Å². The highest BCUT2D eigenvalue weighted by atomic mass is 32.2. The van der Waals surface area contributed by atoms with Crippen molar-refractivity contribution in [1.29, 1.82) is 0 Å². The molecule has 5 heteroatoms. The molecule has 0 saturated heterocycles. The van der Waals surface area contributed by atoms with E-state index in [9.17, 15) is 9.59 Å². The summed E-state index contributed by atoms with van der Waals surface area (Å²) in [6.07, 6.45) is 7.36. The van der Waals surface area contributed by atoms with Crippen LogP contribution in [-0.4, -0.2) is 34.5 Å². The molecule has 2 N–H and O–H groups in total. The second-order valence-corrected chi connectivity index (χ2v) is 6.22. The van der Waals surface area contributed by atoms with E-state index in [0.29, 0.717) is 18.1 Å². The molecule has 17 heavy (non-hydrogen) atoms. The molecule has 0 spiro atoms. The normalized spacial score (nSPS) is 30.6. The topological polar surface area (TPSA) is 66.4 Å². The molecule has 0 heterocycles. The van der Waals surface area contributed by atoms with Crippen molar-refractivity contribution >= 4 is 23.6 Å². The van der Waals surface area contributed by atoms with Crippen molar-refractivity contribution in [3.8, 4) is 0 Å². The average molecular weight is 257 g/mol. The summed E-state index contributed by atoms with van der Waals surface area (Å²) in [4.78, 5) is 23.0. The van der Waals surface area contributed by atoms with Crippen molar-refractivity contribution in [1.82, 2.24) is 5.32 Å². The minimum absolute atomic E-state index is 0.172. The van der Waals surface area contributed by atoms with Gasteiger partial charge in [0.2, 0.25) is 5.91 Å². The Kier molecular flexibility index (Phi) is 3.66. The quantitative estimate of drug-likeness (QED) is 0.751. The van der Waals surface area contributed by atoms with Crippen molar-refractivity contribution in [2.75, 3.05) is 6.26 Å². The third kappa shape index (κ3) is 2.59. The second kappa shape index (κ2) is 4.88. The number of carboxylic acids is 1. The highest BCUT2D eigenvalue weighted by Gasteiger charge is 2.57. The fourth-order valence-electron chi connectivity index (χ4n) is 2.48. The Morgan fingerprint density at radius 1 is 1.35 bits per heavy atom. The van der Waals surface area contributed by atoms with E-state index >= 15 is 0 Å². The molecule has 2 unspecified atom stereocenters. The molecule has 0 bridgehead atoms. The summed E-state index contributed by atoms with van der Waals surface area (Å²) >= 11 is 1.84. The fraction of sp³-hybridized carbons (Fsp3) is 0.833. The van der Waals surface area contributed by atoms with Gasteiger partial charge in [-0.2, -0.15) is 11.8 Å². The molecule has 2 aliphatic carbocycles. The second-order valence-electron chi connectivity index (χ2n) is 5.08. The van der Waals surface area contributed by atoms with Crippen LogP contribution in [0.3, 0.4) is 0 Å². The van der Waals surface area contributed by atoms with Gasteiger partial charge in [0.15, 0.2) is 0 Å². The number of aliphatic carboxylic acids is 1. The summed E-state index contributed by atoms with van der Waals surface area (Å²) in [6, 6.07) is 0.172. The van der Waals surface area contributed by atoms with Gasteiger partial charge in [-0.3, -0.25) is 9.59 Å². The molecule has 2 saturated carbocycles. The summed E-state index contributed by atoms with van der Waals surface area (Å²) < 4.78 is 0. The Morgan fingerprint density at radius 2 is 2.06 bits per heavy atom. The zero-order chi connectivity index (χ0) is 12.5. The number of hydrogen-bond acceptors (Lipinski definition) is 3. The van der Waals surface area contributed by atoms with Gasteiger partial charge >= 0.3 is 5.97 Å². The van der Waals surface area contributed by atoms with Crippen LogP contribution < -0.4 is 5.32 Å². The molecule has 2 fully saturated rings. The van der Waals surface area contributed by atoms with E-state index in [1.807, 2.05) is 11.8 Å². The van der Waals surface area contributed by atoms with Crippen molar-refractivity contribution in [2.45, 2.75) is 49.8 Å². The Hall–Kier alpha value is -0.710. The molecule has 0 aromatic heterocycles. The number of carbonyl (C=O) groups is 2. The molecule has 4 nitrogen and oxygen atoms in total. The van der Waals surface area contributed by atoms with E-state index in [4.69, 9.17) is 5.11 Å². The van der Waals surface area contributed by atoms with Crippen LogP contribution in [-0.2, 0) is 9.59 Å². The number of carbonyl (C=O) groups excluding carboxylic acids is 1. The van der Waals surface area contributed by atoms with Crippen LogP contribution in [0.25, 0.3) is 0 Å². The first-order valence-corrected chi connectivity index (χ1v) is 7.44. The van der Waals surface area contributed by atoms with Gasteiger partial charge in [0.25, 0.3) is 0 Å². The largest absolute Gasteiger partial charge is 0.480 e. The summed E-state index contributed by atoms with van der Waals surface area (Å²) in [6.45, 7) is 0. The van der Waals surface area contributed by atoms with Gasteiger partial charge in [0.1, 0.15) is 5.41 Å². The third-order valence-electron chi connectivity index (χ3n) is 3.89. The number of nitrogens with one attached hydrogen (secondary N) is 1. The first kappa shape index (κ1) is 12.7. The minimum Gasteiger partial charge on any atom is -0.480 e. The lowest BCUT2D eigenvalue weighted by Gasteiger charge is -2.29. The highest BCUT2D eigenvalue weighted by molar-refractivity contribution is 7.99. The van der Waals surface area contributed by atoms with E-state index in [2.05, 4.69) is 11.6 Å². The SMILES string of the molecule is CSC1CCCC(NC(=O)C2(C(=O)O)CC2)C1. The van der Waals surface area contributed by atoms with Gasteiger partial charge in [-0.25, -0.2) is 0 Å². The van der Waals surface area contributed by atoms with E-state index in [1.54, 1.807) is 0 Å². The Bertz CT molecular complexity index is 328. The van der Waals surface area contributed by atoms with Crippen LogP contribution >= 0.6 is 11.8 Å². The molecule has 96 valence electrons. The predicted molar refractivity (Wildman–Crippen MR) is 67.0 cm³/mol. The monoisotopic (exact) mass is 257 g/mol. The first-order valence-electron chi connectivity index (χ1n) is 6.15. The lowest BCUT2D eigenvalue weighted by atomic mass is 9.94. The maximum atomic E-state index is 11.9. The molecule has 0 aromatic carbocycles. The van der Waals surface area contributed by atoms with Crippen LogP contribution in [0.2, 0.25) is 0 Å². The fourth-order valence-corrected chi connectivity index (χ4v) is 3.30. The molecular formula is C12H19NO3S. The van der Waals surface area contributed by atoms with E-state index in [1.165, 1.54) is 6.42 Å². The zero-order valence-corrected chi connectivity index (χ0v) is 10.9. The Morgan fingerprint density at radius 3 is 2.59 bits per heavy atom. The van der Waals surface area contributed by atoms with Crippen LogP contribution in [0.5, 0.6) is 0 Å². The lowest BCUT2D eigenvalue weighted by Crippen LogP contribution is -2.45. The minimum atomic E-state index is -1.09. The van der Waals surface area contributed by atoms with Gasteiger partial charge in [0, 0.05) is 11.3 Å². The zero-order valence-electron chi connectivity index (χ0n) is 10.1. The summed E-state index contributed by atoms with van der Waals surface area (Å²) in [7, 11) is 0. The molecule has 2 rings (SSSR count). The molecular weight excluding hydrogens is 238 g/mol. The average Bonchev–Trinajstić information content (AvgIpc) is 3.10. The summed E-state index contributed by atoms with van der Waals surface area (Å²) in [5.74, 6) is -1.23. The predicted octanol–water partition coefficient (Wildman–Crippen LogP) is 1.64. The molecule has 1 amide bonds. The van der Waals surface area contributed by atoms with E-state index in [-0.39, 0.29) is 11.9 Å². The van der Waals surface area contributed by atoms with Gasteiger partial charge in [-0.1, -0.05) is 6.42 Å². The number of hydrogen-bond donors (Lipinski definition) is 2. The van der Waals surface area contributed by atoms with Crippen LogP contribution in [0.15, 0.2) is 0 Å². The van der Waals surface area contributed by atoms with Crippen molar-refractivity contribution in [3.05, 3.63) is 0 Å². The Balaban J connectivity index is 1.89. The van der Waals surface area contributed by atoms with Crippen LogP contribution in [0.4, 0.5) is 0 Å². The number of carboxylic acid groups (broad SMARTS) is 1. The molecule has 2 atom stereocenters. The van der Waals surface area contributed by atoms with E-state index < -0.39 is 11.4 Å². The van der Waals surface area contributed by atoms with Crippen LogP contribution in [0.1, 0.15) is 38.5 Å². The molecule has 0 aromatic rings. The summed E-state index contributed by atoms with van der Waals surface area (Å²) in [5, 5.41) is 12.6. The number of amides is 1. The molecule has 2 aliphatic rings. The first-order chi connectivity index (χ1) is 8.08. The van der Waals surface area contributed by atoms with Gasteiger partial charge in [0.05, 0.1) is 0 Å². The van der Waals surface area contributed by atoms with Crippen LogP contribution in [0, 0.1) is 5.41 Å². The van der Waals surface area contributed by atoms with Crippen molar-refractivity contribution in [3.63, 3.8) is 0 Å². The number of rotatable bonds is 4. The van der Waals surface area contributed by atoms with Crippen molar-refractivity contribution in [2.24, 2.45) is 5.41 Å². The smallest absolute Gasteiger partial charge is 0.319 e. The standard InChI is InChI=1S/C12H19NO3S/c1-17-9-4-2-3-8(7-9)13-10(14)12(5-6-12)11(15)16/h8-9H,2-7H2,1H3,(H,13,14)(H,15,16). The summed E-state index contributed by atoms with van der Waals surface area (Å²) in [5.41, 5.74) is -1.09. The maximum absolute atomic E-state index is 11.9. The van der Waals surface area contributed by atoms with Crippen molar-refractivity contribution < 1.29 is 14.7 Å². The van der Waals surface area contributed by atoms with E-state index in [0.717, 1.165) is 19.3 Å².